The zero-order valence-electron chi connectivity index (χ0n) is 9.44. The number of amides is 1. The van der Waals surface area contributed by atoms with Gasteiger partial charge in [0.05, 0.1) is 5.69 Å². The van der Waals surface area contributed by atoms with Crippen LogP contribution in [0.25, 0.3) is 0 Å². The third kappa shape index (κ3) is 1.83. The largest absolute Gasteiger partial charge is 0.487 e. The number of carbonyl (C=O) groups is 1. The minimum atomic E-state index is -0.164. The second-order valence-electron chi connectivity index (χ2n) is 4.00. The molecule has 0 aromatic heterocycles. The quantitative estimate of drug-likeness (QED) is 0.787. The number of rotatable bonds is 0. The molecule has 0 spiro atoms. The van der Waals surface area contributed by atoms with Crippen molar-refractivity contribution in [2.75, 3.05) is 5.32 Å². The predicted molar refractivity (Wildman–Crippen MR) is 70.2 cm³/mol. The lowest BCUT2D eigenvalue weighted by Crippen LogP contribution is -2.18. The molecule has 1 heterocycles. The van der Waals surface area contributed by atoms with E-state index in [-0.39, 0.29) is 5.91 Å². The molecular formula is C14H10ClNO2. The molecule has 0 bridgehead atoms. The Bertz CT molecular complexity index is 625. The van der Waals surface area contributed by atoms with Gasteiger partial charge in [0.15, 0.2) is 0 Å². The SMILES string of the molecule is O=C1Nc2ccccc2OCc2c(Cl)cccc21. The highest BCUT2D eigenvalue weighted by molar-refractivity contribution is 6.32. The summed E-state index contributed by atoms with van der Waals surface area (Å²) >= 11 is 6.10. The van der Waals surface area contributed by atoms with E-state index in [0.717, 1.165) is 0 Å². The van der Waals surface area contributed by atoms with Crippen molar-refractivity contribution in [2.24, 2.45) is 0 Å². The van der Waals surface area contributed by atoms with Crippen molar-refractivity contribution in [1.29, 1.82) is 0 Å². The molecule has 4 heteroatoms. The minimum absolute atomic E-state index is 0.164. The van der Waals surface area contributed by atoms with E-state index in [1.54, 1.807) is 18.2 Å². The molecule has 2 aromatic carbocycles. The molecule has 0 radical (unpaired) electrons. The van der Waals surface area contributed by atoms with E-state index < -0.39 is 0 Å². The first-order chi connectivity index (χ1) is 8.75. The average molecular weight is 260 g/mol. The molecule has 0 saturated heterocycles. The first-order valence-corrected chi connectivity index (χ1v) is 5.94. The molecule has 90 valence electrons. The van der Waals surface area contributed by atoms with E-state index in [9.17, 15) is 4.79 Å². The third-order valence-corrected chi connectivity index (χ3v) is 3.22. The van der Waals surface area contributed by atoms with Crippen LogP contribution in [0.2, 0.25) is 5.02 Å². The Morgan fingerprint density at radius 3 is 2.83 bits per heavy atom. The molecule has 1 N–H and O–H groups in total. The maximum Gasteiger partial charge on any atom is 0.256 e. The average Bonchev–Trinajstić information content (AvgIpc) is 2.36. The number of halogens is 1. The van der Waals surface area contributed by atoms with Crippen LogP contribution in [-0.2, 0) is 6.61 Å². The predicted octanol–water partition coefficient (Wildman–Crippen LogP) is 3.48. The second-order valence-corrected chi connectivity index (χ2v) is 4.41. The maximum atomic E-state index is 12.1. The van der Waals surface area contributed by atoms with Gasteiger partial charge in [-0.25, -0.2) is 0 Å². The molecule has 18 heavy (non-hydrogen) atoms. The number of nitrogens with one attached hydrogen (secondary N) is 1. The molecule has 1 aliphatic heterocycles. The molecule has 0 atom stereocenters. The summed E-state index contributed by atoms with van der Waals surface area (Å²) in [7, 11) is 0. The molecule has 0 fully saturated rings. The minimum Gasteiger partial charge on any atom is -0.487 e. The van der Waals surface area contributed by atoms with Crippen molar-refractivity contribution >= 4 is 23.2 Å². The van der Waals surface area contributed by atoms with Crippen LogP contribution in [0.15, 0.2) is 42.5 Å². The van der Waals surface area contributed by atoms with Gasteiger partial charge in [0.25, 0.3) is 5.91 Å². The summed E-state index contributed by atoms with van der Waals surface area (Å²) < 4.78 is 5.68. The van der Waals surface area contributed by atoms with Gasteiger partial charge < -0.3 is 10.1 Å². The van der Waals surface area contributed by atoms with Crippen LogP contribution >= 0.6 is 11.6 Å². The summed E-state index contributed by atoms with van der Waals surface area (Å²) in [6, 6.07) is 12.6. The summed E-state index contributed by atoms with van der Waals surface area (Å²) in [5, 5.41) is 3.37. The van der Waals surface area contributed by atoms with Crippen LogP contribution in [0.4, 0.5) is 5.69 Å². The molecule has 1 aliphatic rings. The number of hydrogen-bond donors (Lipinski definition) is 1. The molecule has 3 rings (SSSR count). The lowest BCUT2D eigenvalue weighted by Gasteiger charge is -2.19. The van der Waals surface area contributed by atoms with Crippen molar-refractivity contribution in [3.8, 4) is 5.75 Å². The lowest BCUT2D eigenvalue weighted by atomic mass is 10.1. The zero-order valence-corrected chi connectivity index (χ0v) is 10.2. The van der Waals surface area contributed by atoms with Gasteiger partial charge in [-0.3, -0.25) is 4.79 Å². The van der Waals surface area contributed by atoms with E-state index in [1.807, 2.05) is 24.3 Å². The van der Waals surface area contributed by atoms with E-state index in [0.29, 0.717) is 34.2 Å². The summed E-state index contributed by atoms with van der Waals surface area (Å²) in [5.41, 5.74) is 1.94. The summed E-state index contributed by atoms with van der Waals surface area (Å²) in [4.78, 5) is 12.1. The highest BCUT2D eigenvalue weighted by atomic mass is 35.5. The number of fused-ring (bicyclic) bond motifs is 2. The van der Waals surface area contributed by atoms with E-state index in [1.165, 1.54) is 0 Å². The van der Waals surface area contributed by atoms with E-state index >= 15 is 0 Å². The molecule has 0 aliphatic carbocycles. The van der Waals surface area contributed by atoms with Gasteiger partial charge in [-0.05, 0) is 24.3 Å². The van der Waals surface area contributed by atoms with Crippen LogP contribution < -0.4 is 10.1 Å². The molecule has 2 aromatic rings. The third-order valence-electron chi connectivity index (χ3n) is 2.87. The van der Waals surface area contributed by atoms with Crippen molar-refractivity contribution < 1.29 is 9.53 Å². The Morgan fingerprint density at radius 1 is 1.11 bits per heavy atom. The monoisotopic (exact) mass is 259 g/mol. The van der Waals surface area contributed by atoms with Crippen LogP contribution in [0.3, 0.4) is 0 Å². The lowest BCUT2D eigenvalue weighted by molar-refractivity contribution is 0.102. The van der Waals surface area contributed by atoms with E-state index in [2.05, 4.69) is 5.32 Å². The van der Waals surface area contributed by atoms with Gasteiger partial charge in [0.2, 0.25) is 0 Å². The van der Waals surface area contributed by atoms with Crippen LogP contribution in [0.5, 0.6) is 5.75 Å². The van der Waals surface area contributed by atoms with Gasteiger partial charge in [0, 0.05) is 16.1 Å². The number of ether oxygens (including phenoxy) is 1. The zero-order chi connectivity index (χ0) is 12.5. The Kier molecular flexibility index (Phi) is 2.68. The maximum absolute atomic E-state index is 12.1. The van der Waals surface area contributed by atoms with Gasteiger partial charge >= 0.3 is 0 Å². The first kappa shape index (κ1) is 11.1. The topological polar surface area (TPSA) is 38.3 Å². The highest BCUT2D eigenvalue weighted by Crippen LogP contribution is 2.30. The van der Waals surface area contributed by atoms with Crippen molar-refractivity contribution in [1.82, 2.24) is 0 Å². The van der Waals surface area contributed by atoms with Crippen LogP contribution in [-0.4, -0.2) is 5.91 Å². The number of carbonyl (C=O) groups excluding carboxylic acids is 1. The Morgan fingerprint density at radius 2 is 1.94 bits per heavy atom. The standard InChI is InChI=1S/C14H10ClNO2/c15-11-5-3-4-9-10(11)8-18-13-7-2-1-6-12(13)16-14(9)17/h1-7H,8H2,(H,16,17). The second kappa shape index (κ2) is 4.35. The number of hydrogen-bond acceptors (Lipinski definition) is 2. The smallest absolute Gasteiger partial charge is 0.256 e. The normalized spacial score (nSPS) is 13.5. The van der Waals surface area contributed by atoms with Crippen LogP contribution in [0.1, 0.15) is 15.9 Å². The Balaban J connectivity index is 2.10. The highest BCUT2D eigenvalue weighted by Gasteiger charge is 2.19. The summed E-state index contributed by atoms with van der Waals surface area (Å²) in [6.07, 6.45) is 0. The number of para-hydroxylation sites is 2. The van der Waals surface area contributed by atoms with Crippen molar-refractivity contribution in [3.05, 3.63) is 58.6 Å². The van der Waals surface area contributed by atoms with Crippen molar-refractivity contribution in [2.45, 2.75) is 6.61 Å². The van der Waals surface area contributed by atoms with Gasteiger partial charge in [0.1, 0.15) is 12.4 Å². The van der Waals surface area contributed by atoms with E-state index in [4.69, 9.17) is 16.3 Å². The first-order valence-electron chi connectivity index (χ1n) is 5.56. The number of benzene rings is 2. The fourth-order valence-corrected chi connectivity index (χ4v) is 2.18. The molecule has 3 nitrogen and oxygen atoms in total. The molecule has 1 amide bonds. The van der Waals surface area contributed by atoms with Gasteiger partial charge in [-0.2, -0.15) is 0 Å². The molecular weight excluding hydrogens is 250 g/mol. The number of anilines is 1. The van der Waals surface area contributed by atoms with Crippen molar-refractivity contribution in [3.63, 3.8) is 0 Å². The van der Waals surface area contributed by atoms with Gasteiger partial charge in [-0.15, -0.1) is 0 Å². The molecule has 0 unspecified atom stereocenters. The van der Waals surface area contributed by atoms with Gasteiger partial charge in [-0.1, -0.05) is 29.8 Å². The van der Waals surface area contributed by atoms with Crippen LogP contribution in [0, 0.1) is 0 Å². The fourth-order valence-electron chi connectivity index (χ4n) is 1.95. The Labute approximate surface area is 109 Å². The molecule has 0 saturated carbocycles. The summed E-state index contributed by atoms with van der Waals surface area (Å²) in [5.74, 6) is 0.486. The summed E-state index contributed by atoms with van der Waals surface area (Å²) in [6.45, 7) is 0.291. The fraction of sp³-hybridized carbons (Fsp3) is 0.0714. The Hall–Kier alpha value is -2.00.